The van der Waals surface area contributed by atoms with Crippen molar-refractivity contribution in [3.05, 3.63) is 60.0 Å². The summed E-state index contributed by atoms with van der Waals surface area (Å²) in [5, 5.41) is 3.01. The fourth-order valence-electron chi connectivity index (χ4n) is 2.87. The summed E-state index contributed by atoms with van der Waals surface area (Å²) in [6.07, 6.45) is 4.28. The molecule has 0 aromatic carbocycles. The summed E-state index contributed by atoms with van der Waals surface area (Å²) < 4.78 is 10.9. The van der Waals surface area contributed by atoms with Crippen LogP contribution in [0.4, 0.5) is 0 Å². The van der Waals surface area contributed by atoms with Crippen molar-refractivity contribution in [3.63, 3.8) is 0 Å². The van der Waals surface area contributed by atoms with Crippen molar-refractivity contribution in [2.45, 2.75) is 0 Å². The Morgan fingerprint density at radius 2 is 1.54 bits per heavy atom. The van der Waals surface area contributed by atoms with Gasteiger partial charge in [0.2, 0.25) is 11.6 Å². The highest BCUT2D eigenvalue weighted by molar-refractivity contribution is 6.23. The average Bonchev–Trinajstić information content (AvgIpc) is 3.38. The topological polar surface area (TPSA) is 101 Å². The quantitative estimate of drug-likeness (QED) is 0.698. The average molecular weight is 378 g/mol. The summed E-state index contributed by atoms with van der Waals surface area (Å²) in [7, 11) is 3.85. The van der Waals surface area contributed by atoms with E-state index in [1.165, 1.54) is 18.6 Å². The molecule has 0 saturated carbocycles. The van der Waals surface area contributed by atoms with Crippen molar-refractivity contribution in [1.82, 2.24) is 20.2 Å². The molecule has 0 atom stereocenters. The lowest BCUT2D eigenvalue weighted by Gasteiger charge is -2.18. The van der Waals surface area contributed by atoms with Gasteiger partial charge >= 0.3 is 0 Å². The highest BCUT2D eigenvalue weighted by Gasteiger charge is 2.31. The van der Waals surface area contributed by atoms with E-state index in [-0.39, 0.29) is 28.7 Å². The normalized spacial score (nSPS) is 13.6. The van der Waals surface area contributed by atoms with Crippen molar-refractivity contribution in [1.29, 1.82) is 0 Å². The van der Waals surface area contributed by atoms with E-state index in [2.05, 4.69) is 15.3 Å². The van der Waals surface area contributed by atoms with Gasteiger partial charge < -0.3 is 19.1 Å². The molecule has 0 fully saturated rings. The second kappa shape index (κ2) is 7.24. The summed E-state index contributed by atoms with van der Waals surface area (Å²) in [6, 6.07) is 6.84. The first-order valence-corrected chi connectivity index (χ1v) is 8.73. The highest BCUT2D eigenvalue weighted by Crippen LogP contribution is 2.32. The molecule has 142 valence electrons. The van der Waals surface area contributed by atoms with Crippen molar-refractivity contribution < 1.29 is 18.4 Å². The Kier molecular flexibility index (Phi) is 4.62. The zero-order valence-electron chi connectivity index (χ0n) is 15.4. The lowest BCUT2D eigenvalue weighted by molar-refractivity contribution is 0.0970. The molecule has 0 amide bonds. The monoisotopic (exact) mass is 378 g/mol. The van der Waals surface area contributed by atoms with Gasteiger partial charge in [-0.05, 0) is 38.4 Å². The third-order valence-corrected chi connectivity index (χ3v) is 4.25. The number of hydrogen-bond donors (Lipinski definition) is 1. The number of carbonyl (C=O) groups excluding carboxylic acids is 2. The third kappa shape index (κ3) is 3.25. The van der Waals surface area contributed by atoms with Gasteiger partial charge in [-0.2, -0.15) is 0 Å². The van der Waals surface area contributed by atoms with Crippen LogP contribution in [0, 0.1) is 0 Å². The Balaban J connectivity index is 1.78. The van der Waals surface area contributed by atoms with E-state index in [4.69, 9.17) is 8.83 Å². The van der Waals surface area contributed by atoms with Crippen LogP contribution < -0.4 is 5.32 Å². The number of fused-ring (bicyclic) bond motifs is 1. The molecule has 0 aliphatic heterocycles. The molecular weight excluding hydrogens is 360 g/mol. The molecule has 1 N–H and O–H groups in total. The summed E-state index contributed by atoms with van der Waals surface area (Å²) in [5.41, 5.74) is 0.905. The zero-order chi connectivity index (χ0) is 19.7. The number of furan rings is 2. The molecule has 8 nitrogen and oxygen atoms in total. The van der Waals surface area contributed by atoms with E-state index in [0.717, 1.165) is 0 Å². The number of nitrogens with one attached hydrogen (secondary N) is 1. The number of allylic oxidation sites excluding steroid dienone is 2. The van der Waals surface area contributed by atoms with E-state index >= 15 is 0 Å². The molecular formula is C20H18N4O4. The van der Waals surface area contributed by atoms with Gasteiger partial charge in [0.25, 0.3) is 0 Å². The van der Waals surface area contributed by atoms with Crippen LogP contribution in [0.3, 0.4) is 0 Å². The standard InChI is InChI=1S/C20H18N4O4/c1-24(2)8-7-21-12-11-13(25)16-19(20(12)26)23-18(15-6-4-10-28-15)17(22-16)14-5-3-9-27-14/h3-6,9-11,21H,7-8H2,1-2H3. The van der Waals surface area contributed by atoms with Crippen molar-refractivity contribution >= 4 is 11.6 Å². The van der Waals surface area contributed by atoms with Gasteiger partial charge in [-0.15, -0.1) is 0 Å². The first-order valence-electron chi connectivity index (χ1n) is 8.73. The van der Waals surface area contributed by atoms with Gasteiger partial charge in [0, 0.05) is 19.2 Å². The predicted molar refractivity (Wildman–Crippen MR) is 101 cm³/mol. The van der Waals surface area contributed by atoms with Crippen LogP contribution in [-0.2, 0) is 0 Å². The Labute approximate surface area is 160 Å². The largest absolute Gasteiger partial charge is 0.463 e. The van der Waals surface area contributed by atoms with Gasteiger partial charge in [0.05, 0.1) is 18.2 Å². The van der Waals surface area contributed by atoms with E-state index in [0.29, 0.717) is 36.0 Å². The van der Waals surface area contributed by atoms with Crippen LogP contribution in [-0.4, -0.2) is 53.6 Å². The van der Waals surface area contributed by atoms with Crippen LogP contribution in [0.25, 0.3) is 22.9 Å². The van der Waals surface area contributed by atoms with E-state index < -0.39 is 0 Å². The van der Waals surface area contributed by atoms with Gasteiger partial charge in [-0.1, -0.05) is 0 Å². The summed E-state index contributed by atoms with van der Waals surface area (Å²) >= 11 is 0. The first kappa shape index (κ1) is 17.9. The number of hydrogen-bond acceptors (Lipinski definition) is 8. The molecule has 1 aliphatic rings. The molecule has 1 aliphatic carbocycles. The van der Waals surface area contributed by atoms with Crippen LogP contribution in [0.2, 0.25) is 0 Å². The molecule has 3 heterocycles. The Morgan fingerprint density at radius 1 is 0.929 bits per heavy atom. The SMILES string of the molecule is CN(C)CCNC1=CC(=O)c2nc(-c3ccco3)c(-c3ccco3)nc2C1=O. The summed E-state index contributed by atoms with van der Waals surface area (Å²) in [6.45, 7) is 1.24. The van der Waals surface area contributed by atoms with Crippen molar-refractivity contribution in [2.75, 3.05) is 27.2 Å². The molecule has 0 radical (unpaired) electrons. The minimum absolute atomic E-state index is 0.00144. The van der Waals surface area contributed by atoms with Gasteiger partial charge in [0.15, 0.2) is 11.5 Å². The molecule has 0 unspecified atom stereocenters. The summed E-state index contributed by atoms with van der Waals surface area (Å²) in [4.78, 5) is 36.4. The van der Waals surface area contributed by atoms with Crippen molar-refractivity contribution in [3.8, 4) is 22.9 Å². The van der Waals surface area contributed by atoms with Crippen LogP contribution >= 0.6 is 0 Å². The van der Waals surface area contributed by atoms with Gasteiger partial charge in [0.1, 0.15) is 22.8 Å². The fraction of sp³-hybridized carbons (Fsp3) is 0.200. The number of nitrogens with zero attached hydrogens (tertiary/aromatic N) is 3. The smallest absolute Gasteiger partial charge is 0.229 e. The van der Waals surface area contributed by atoms with Crippen LogP contribution in [0.15, 0.2) is 57.4 Å². The molecule has 4 rings (SSSR count). The number of Topliss-reactive ketones (excluding diaryl/α,β-unsaturated/α-hetero) is 1. The zero-order valence-corrected chi connectivity index (χ0v) is 15.4. The summed E-state index contributed by atoms with van der Waals surface area (Å²) in [5.74, 6) is 0.104. The lowest BCUT2D eigenvalue weighted by Crippen LogP contribution is -2.33. The Bertz CT molecular complexity index is 1050. The number of ketones is 2. The second-order valence-corrected chi connectivity index (χ2v) is 6.55. The number of rotatable bonds is 6. The molecule has 8 heteroatoms. The second-order valence-electron chi connectivity index (χ2n) is 6.55. The Morgan fingerprint density at radius 3 is 2.07 bits per heavy atom. The van der Waals surface area contributed by atoms with E-state index in [1.807, 2.05) is 19.0 Å². The first-order chi connectivity index (χ1) is 13.5. The minimum atomic E-state index is -0.381. The van der Waals surface area contributed by atoms with Crippen molar-refractivity contribution in [2.24, 2.45) is 0 Å². The maximum absolute atomic E-state index is 12.9. The molecule has 0 saturated heterocycles. The third-order valence-electron chi connectivity index (χ3n) is 4.25. The number of carbonyl (C=O) groups is 2. The Hall–Kier alpha value is -3.52. The van der Waals surface area contributed by atoms with Gasteiger partial charge in [-0.3, -0.25) is 9.59 Å². The molecule has 0 bridgehead atoms. The maximum Gasteiger partial charge on any atom is 0.229 e. The molecule has 3 aromatic heterocycles. The molecule has 3 aromatic rings. The van der Waals surface area contributed by atoms with E-state index in [9.17, 15) is 9.59 Å². The highest BCUT2D eigenvalue weighted by atomic mass is 16.3. The lowest BCUT2D eigenvalue weighted by atomic mass is 10.0. The number of likely N-dealkylation sites (N-methyl/N-ethyl adjacent to an activating group) is 1. The van der Waals surface area contributed by atoms with E-state index in [1.54, 1.807) is 24.3 Å². The number of aromatic nitrogens is 2. The van der Waals surface area contributed by atoms with Gasteiger partial charge in [-0.25, -0.2) is 9.97 Å². The minimum Gasteiger partial charge on any atom is -0.463 e. The molecule has 0 spiro atoms. The predicted octanol–water partition coefficient (Wildman–Crippen LogP) is 2.41. The van der Waals surface area contributed by atoms with Crippen LogP contribution in [0.5, 0.6) is 0 Å². The van der Waals surface area contributed by atoms with Crippen LogP contribution in [0.1, 0.15) is 21.0 Å². The fourth-order valence-corrected chi connectivity index (χ4v) is 2.87. The molecule has 28 heavy (non-hydrogen) atoms. The maximum atomic E-state index is 12.9.